The second-order valence-corrected chi connectivity index (χ2v) is 3.85. The van der Waals surface area contributed by atoms with Gasteiger partial charge in [-0.15, -0.1) is 0 Å². The van der Waals surface area contributed by atoms with Gasteiger partial charge in [0, 0.05) is 0 Å². The minimum atomic E-state index is -1.23. The monoisotopic (exact) mass is 204 g/mol. The number of hydrogen-bond acceptors (Lipinski definition) is 5. The molecule has 80 valence electrons. The Kier molecular flexibility index (Phi) is 2.04. The number of fused-ring (bicyclic) bond motifs is 1. The molecular weight excluding hydrogens is 192 g/mol. The molecule has 2 aliphatic heterocycles. The molecule has 0 unspecified atom stereocenters. The summed E-state index contributed by atoms with van der Waals surface area (Å²) in [5.41, 5.74) is 0. The lowest BCUT2D eigenvalue weighted by atomic mass is 10.1. The van der Waals surface area contributed by atoms with Crippen molar-refractivity contribution < 1.29 is 29.2 Å². The van der Waals surface area contributed by atoms with Crippen LogP contribution in [-0.4, -0.2) is 46.6 Å². The van der Waals surface area contributed by atoms with Gasteiger partial charge in [0.1, 0.15) is 12.2 Å². The van der Waals surface area contributed by atoms with E-state index in [1.807, 2.05) is 0 Å². The number of carbonyl (C=O) groups is 1. The van der Waals surface area contributed by atoms with E-state index in [1.54, 1.807) is 13.8 Å². The second-order valence-electron chi connectivity index (χ2n) is 3.85. The van der Waals surface area contributed by atoms with Gasteiger partial charge in [0.2, 0.25) is 0 Å². The fourth-order valence-corrected chi connectivity index (χ4v) is 1.78. The molecule has 2 aliphatic rings. The van der Waals surface area contributed by atoms with E-state index in [4.69, 9.17) is 19.3 Å². The van der Waals surface area contributed by atoms with Crippen molar-refractivity contribution in [2.75, 3.05) is 0 Å². The zero-order valence-electron chi connectivity index (χ0n) is 7.84. The maximum absolute atomic E-state index is 10.7. The van der Waals surface area contributed by atoms with Gasteiger partial charge in [0.25, 0.3) is 0 Å². The summed E-state index contributed by atoms with van der Waals surface area (Å²) >= 11 is 0. The summed E-state index contributed by atoms with van der Waals surface area (Å²) in [5.74, 6) is -2.02. The first-order valence-electron chi connectivity index (χ1n) is 4.33. The Balaban J connectivity index is 2.19. The smallest absolute Gasteiger partial charge is 0.335 e. The molecule has 2 saturated heterocycles. The highest BCUT2D eigenvalue weighted by Crippen LogP contribution is 2.37. The van der Waals surface area contributed by atoms with Crippen LogP contribution < -0.4 is 0 Å². The van der Waals surface area contributed by atoms with Crippen LogP contribution in [0, 0.1) is 0 Å². The van der Waals surface area contributed by atoms with E-state index in [2.05, 4.69) is 0 Å². The Hall–Kier alpha value is -0.690. The van der Waals surface area contributed by atoms with E-state index < -0.39 is 36.4 Å². The highest BCUT2D eigenvalue weighted by atomic mass is 16.8. The number of hydrogen-bond donors (Lipinski definition) is 2. The van der Waals surface area contributed by atoms with Crippen LogP contribution in [0.15, 0.2) is 0 Å². The minimum absolute atomic E-state index is 0.717. The molecule has 4 atom stereocenters. The topological polar surface area (TPSA) is 85.2 Å². The summed E-state index contributed by atoms with van der Waals surface area (Å²) in [6, 6.07) is 0. The minimum Gasteiger partial charge on any atom is -0.479 e. The van der Waals surface area contributed by atoms with E-state index >= 15 is 0 Å². The van der Waals surface area contributed by atoms with Gasteiger partial charge in [0.15, 0.2) is 18.2 Å². The summed E-state index contributed by atoms with van der Waals surface area (Å²) in [7, 11) is 0. The second kappa shape index (κ2) is 2.90. The molecule has 2 N–H and O–H groups in total. The van der Waals surface area contributed by atoms with Gasteiger partial charge in [-0.2, -0.15) is 0 Å². The number of ether oxygens (including phenoxy) is 3. The van der Waals surface area contributed by atoms with Crippen molar-refractivity contribution in [3.05, 3.63) is 0 Å². The molecule has 0 aliphatic carbocycles. The van der Waals surface area contributed by atoms with E-state index in [0.717, 1.165) is 0 Å². The Morgan fingerprint density at radius 3 is 2.43 bits per heavy atom. The molecule has 0 spiro atoms. The largest absolute Gasteiger partial charge is 0.479 e. The average Bonchev–Trinajstić information content (AvgIpc) is 2.47. The van der Waals surface area contributed by atoms with Crippen molar-refractivity contribution in [2.45, 2.75) is 44.2 Å². The average molecular weight is 204 g/mol. The van der Waals surface area contributed by atoms with Crippen molar-refractivity contribution >= 4 is 5.97 Å². The lowest BCUT2D eigenvalue weighted by Gasteiger charge is -2.20. The zero-order valence-corrected chi connectivity index (χ0v) is 7.84. The first-order valence-corrected chi connectivity index (χ1v) is 4.33. The molecule has 0 saturated carbocycles. The number of aliphatic hydroxyl groups is 1. The molecule has 2 fully saturated rings. The van der Waals surface area contributed by atoms with Gasteiger partial charge in [-0.3, -0.25) is 0 Å². The van der Waals surface area contributed by atoms with E-state index in [1.165, 1.54) is 0 Å². The standard InChI is InChI=1S/C8H12O6/c1-8(2)13-3-4(6(9)10)12-7(11)5(3)14-8/h3-5,7,11H,1-2H3,(H,9,10)/t3-,4+,5-,7-/m0/s1. The highest BCUT2D eigenvalue weighted by Gasteiger charge is 2.57. The van der Waals surface area contributed by atoms with Crippen LogP contribution >= 0.6 is 0 Å². The van der Waals surface area contributed by atoms with Crippen LogP contribution in [0.3, 0.4) is 0 Å². The van der Waals surface area contributed by atoms with Crippen molar-refractivity contribution in [3.63, 3.8) is 0 Å². The van der Waals surface area contributed by atoms with Crippen LogP contribution in [0.25, 0.3) is 0 Å². The third kappa shape index (κ3) is 1.40. The van der Waals surface area contributed by atoms with Crippen LogP contribution in [0.2, 0.25) is 0 Å². The fourth-order valence-electron chi connectivity index (χ4n) is 1.78. The molecule has 2 heterocycles. The summed E-state index contributed by atoms with van der Waals surface area (Å²) in [6.45, 7) is 3.33. The van der Waals surface area contributed by atoms with Gasteiger partial charge >= 0.3 is 5.97 Å². The molecule has 6 nitrogen and oxygen atoms in total. The predicted molar refractivity (Wildman–Crippen MR) is 42.3 cm³/mol. The van der Waals surface area contributed by atoms with E-state index in [9.17, 15) is 9.90 Å². The van der Waals surface area contributed by atoms with Crippen molar-refractivity contribution in [1.29, 1.82) is 0 Å². The highest BCUT2D eigenvalue weighted by molar-refractivity contribution is 5.73. The maximum atomic E-state index is 10.7. The fraction of sp³-hybridized carbons (Fsp3) is 0.875. The molecule has 0 aromatic rings. The van der Waals surface area contributed by atoms with Crippen LogP contribution in [-0.2, 0) is 19.0 Å². The third-order valence-electron chi connectivity index (χ3n) is 2.27. The van der Waals surface area contributed by atoms with Gasteiger partial charge in [0.05, 0.1) is 0 Å². The number of aliphatic carboxylic acids is 1. The molecule has 0 bridgehead atoms. The molecule has 0 aromatic carbocycles. The van der Waals surface area contributed by atoms with Crippen LogP contribution in [0.1, 0.15) is 13.8 Å². The van der Waals surface area contributed by atoms with Gasteiger partial charge < -0.3 is 24.4 Å². The molecule has 0 amide bonds. The van der Waals surface area contributed by atoms with Gasteiger partial charge in [-0.05, 0) is 13.8 Å². The summed E-state index contributed by atoms with van der Waals surface area (Å²) in [5, 5.41) is 18.1. The summed E-state index contributed by atoms with van der Waals surface area (Å²) in [6.07, 6.45) is -3.84. The first-order chi connectivity index (χ1) is 6.41. The first kappa shape index (κ1) is 9.85. The SMILES string of the molecule is CC1(C)O[C@@H]2[C@H](O1)[C@@H](O)O[C@H]2C(=O)O. The quantitative estimate of drug-likeness (QED) is 0.588. The normalized spacial score (nSPS) is 45.1. The van der Waals surface area contributed by atoms with E-state index in [0.29, 0.717) is 0 Å². The predicted octanol–water partition coefficient (Wildman–Crippen LogP) is -0.692. The van der Waals surface area contributed by atoms with Gasteiger partial charge in [-0.25, -0.2) is 4.79 Å². The lowest BCUT2D eigenvalue weighted by molar-refractivity contribution is -0.222. The number of aliphatic hydroxyl groups excluding tert-OH is 1. The maximum Gasteiger partial charge on any atom is 0.335 e. The van der Waals surface area contributed by atoms with Crippen molar-refractivity contribution in [3.8, 4) is 0 Å². The Morgan fingerprint density at radius 2 is 1.86 bits per heavy atom. The van der Waals surface area contributed by atoms with E-state index in [-0.39, 0.29) is 0 Å². The molecule has 14 heavy (non-hydrogen) atoms. The molecule has 0 radical (unpaired) electrons. The molecule has 2 rings (SSSR count). The molecular formula is C8H12O6. The Bertz CT molecular complexity index is 263. The molecule has 6 heteroatoms. The van der Waals surface area contributed by atoms with Crippen molar-refractivity contribution in [2.24, 2.45) is 0 Å². The zero-order chi connectivity index (χ0) is 10.5. The van der Waals surface area contributed by atoms with Crippen LogP contribution in [0.4, 0.5) is 0 Å². The Morgan fingerprint density at radius 1 is 1.29 bits per heavy atom. The number of carboxylic acid groups (broad SMARTS) is 1. The van der Waals surface area contributed by atoms with Gasteiger partial charge in [-0.1, -0.05) is 0 Å². The Labute approximate surface area is 80.4 Å². The van der Waals surface area contributed by atoms with Crippen LogP contribution in [0.5, 0.6) is 0 Å². The summed E-state index contributed by atoms with van der Waals surface area (Å²) < 4.78 is 15.4. The van der Waals surface area contributed by atoms with Crippen molar-refractivity contribution in [1.82, 2.24) is 0 Å². The summed E-state index contributed by atoms with van der Waals surface area (Å²) in [4.78, 5) is 10.7. The lowest BCUT2D eigenvalue weighted by Crippen LogP contribution is -2.35. The third-order valence-corrected chi connectivity index (χ3v) is 2.27. The molecule has 0 aromatic heterocycles. The number of carboxylic acids is 1. The number of rotatable bonds is 1.